The average Bonchev–Trinajstić information content (AvgIpc) is 2.52. The fourth-order valence-electron chi connectivity index (χ4n) is 2.48. The van der Waals surface area contributed by atoms with Gasteiger partial charge in [-0.1, -0.05) is 31.2 Å². The van der Waals surface area contributed by atoms with Gasteiger partial charge in [-0.2, -0.15) is 0 Å². The number of aryl methyl sites for hydroxylation is 1. The van der Waals surface area contributed by atoms with E-state index in [-0.39, 0.29) is 5.91 Å². The van der Waals surface area contributed by atoms with Crippen LogP contribution in [0.4, 0.5) is 0 Å². The van der Waals surface area contributed by atoms with Crippen molar-refractivity contribution in [3.63, 3.8) is 0 Å². The van der Waals surface area contributed by atoms with E-state index in [2.05, 4.69) is 35.8 Å². The zero-order chi connectivity index (χ0) is 14.2. The molecule has 0 unspecified atom stereocenters. The lowest BCUT2D eigenvalue weighted by atomic mass is 10.1. The lowest BCUT2D eigenvalue weighted by Crippen LogP contribution is -2.31. The summed E-state index contributed by atoms with van der Waals surface area (Å²) in [6.07, 6.45) is 3.36. The number of hydrogen-bond donors (Lipinski definition) is 2. The number of rotatable bonds is 6. The summed E-state index contributed by atoms with van der Waals surface area (Å²) in [6.45, 7) is 4.97. The molecule has 1 aliphatic rings. The van der Waals surface area contributed by atoms with E-state index >= 15 is 0 Å². The van der Waals surface area contributed by atoms with Gasteiger partial charge in [-0.15, -0.1) is 11.8 Å². The van der Waals surface area contributed by atoms with E-state index in [1.165, 1.54) is 24.0 Å². The molecule has 2 N–H and O–H groups in total. The van der Waals surface area contributed by atoms with Gasteiger partial charge in [0.25, 0.3) is 0 Å². The largest absolute Gasteiger partial charge is 0.351 e. The van der Waals surface area contributed by atoms with Crippen LogP contribution in [0.15, 0.2) is 24.3 Å². The van der Waals surface area contributed by atoms with Gasteiger partial charge >= 0.3 is 0 Å². The number of benzene rings is 1. The summed E-state index contributed by atoms with van der Waals surface area (Å²) < 4.78 is 0. The van der Waals surface area contributed by atoms with Crippen LogP contribution in [0.5, 0.6) is 0 Å². The van der Waals surface area contributed by atoms with Gasteiger partial charge in [0.15, 0.2) is 0 Å². The Morgan fingerprint density at radius 2 is 2.00 bits per heavy atom. The zero-order valence-corrected chi connectivity index (χ0v) is 13.0. The van der Waals surface area contributed by atoms with E-state index in [0.717, 1.165) is 19.5 Å². The number of carbonyl (C=O) groups excluding carboxylic acids is 1. The van der Waals surface area contributed by atoms with Crippen molar-refractivity contribution in [3.8, 4) is 0 Å². The van der Waals surface area contributed by atoms with Crippen molar-refractivity contribution < 1.29 is 4.79 Å². The van der Waals surface area contributed by atoms with Gasteiger partial charge in [-0.05, 0) is 43.5 Å². The Morgan fingerprint density at radius 3 is 2.70 bits per heavy atom. The Morgan fingerprint density at radius 1 is 1.30 bits per heavy atom. The van der Waals surface area contributed by atoms with Crippen LogP contribution in [0.3, 0.4) is 0 Å². The van der Waals surface area contributed by atoms with E-state index in [1.54, 1.807) is 11.8 Å². The second-order valence-corrected chi connectivity index (χ2v) is 6.45. The molecule has 0 spiro atoms. The molecular weight excluding hydrogens is 268 g/mol. The fourth-order valence-corrected chi connectivity index (χ4v) is 3.53. The van der Waals surface area contributed by atoms with Crippen LogP contribution in [0.1, 0.15) is 30.9 Å². The topological polar surface area (TPSA) is 41.1 Å². The Hall–Kier alpha value is -1.000. The van der Waals surface area contributed by atoms with Crippen LogP contribution in [0.25, 0.3) is 0 Å². The van der Waals surface area contributed by atoms with Gasteiger partial charge in [-0.3, -0.25) is 4.79 Å². The maximum atomic E-state index is 11.9. The SMILES string of the molecule is CCc1ccccc1CNC(=O)CSC1CCNCC1. The van der Waals surface area contributed by atoms with Gasteiger partial charge in [0.05, 0.1) is 5.75 Å². The molecule has 4 heteroatoms. The number of thioether (sulfide) groups is 1. The first-order valence-electron chi connectivity index (χ1n) is 7.45. The van der Waals surface area contributed by atoms with Crippen molar-refractivity contribution in [1.82, 2.24) is 10.6 Å². The molecule has 0 bridgehead atoms. The molecule has 0 aliphatic carbocycles. The molecule has 1 heterocycles. The van der Waals surface area contributed by atoms with Crippen LogP contribution < -0.4 is 10.6 Å². The summed E-state index contributed by atoms with van der Waals surface area (Å²) in [5.74, 6) is 0.735. The minimum absolute atomic E-state index is 0.152. The summed E-state index contributed by atoms with van der Waals surface area (Å²) in [5.41, 5.74) is 2.55. The van der Waals surface area contributed by atoms with Gasteiger partial charge in [-0.25, -0.2) is 0 Å². The zero-order valence-electron chi connectivity index (χ0n) is 12.2. The van der Waals surface area contributed by atoms with Crippen LogP contribution in [0, 0.1) is 0 Å². The first-order chi connectivity index (χ1) is 9.79. The third-order valence-electron chi connectivity index (χ3n) is 3.71. The van der Waals surface area contributed by atoms with Crippen molar-refractivity contribution in [2.24, 2.45) is 0 Å². The molecule has 20 heavy (non-hydrogen) atoms. The Labute approximate surface area is 125 Å². The predicted molar refractivity (Wildman–Crippen MR) is 86.0 cm³/mol. The van der Waals surface area contributed by atoms with Crippen molar-refractivity contribution in [1.29, 1.82) is 0 Å². The molecule has 1 aromatic carbocycles. The fraction of sp³-hybridized carbons (Fsp3) is 0.562. The van der Waals surface area contributed by atoms with Gasteiger partial charge < -0.3 is 10.6 Å². The first-order valence-corrected chi connectivity index (χ1v) is 8.50. The Kier molecular flexibility index (Phi) is 6.40. The van der Waals surface area contributed by atoms with E-state index in [4.69, 9.17) is 0 Å². The minimum Gasteiger partial charge on any atom is -0.351 e. The summed E-state index contributed by atoms with van der Waals surface area (Å²) in [7, 11) is 0. The number of piperidine rings is 1. The highest BCUT2D eigenvalue weighted by atomic mass is 32.2. The molecule has 110 valence electrons. The molecule has 1 aliphatic heterocycles. The smallest absolute Gasteiger partial charge is 0.230 e. The molecular formula is C16H24N2OS. The molecule has 1 amide bonds. The molecule has 1 aromatic rings. The van der Waals surface area contributed by atoms with Gasteiger partial charge in [0.1, 0.15) is 0 Å². The van der Waals surface area contributed by atoms with Crippen molar-refractivity contribution in [3.05, 3.63) is 35.4 Å². The summed E-state index contributed by atoms with van der Waals surface area (Å²) >= 11 is 1.80. The molecule has 0 atom stereocenters. The molecule has 3 nitrogen and oxygen atoms in total. The standard InChI is InChI=1S/C16H24N2OS/c1-2-13-5-3-4-6-14(13)11-18-16(19)12-20-15-7-9-17-10-8-15/h3-6,15,17H,2,7-12H2,1H3,(H,18,19). The summed E-state index contributed by atoms with van der Waals surface area (Å²) in [6, 6.07) is 8.31. The van der Waals surface area contributed by atoms with E-state index in [0.29, 0.717) is 17.5 Å². The number of hydrogen-bond acceptors (Lipinski definition) is 3. The van der Waals surface area contributed by atoms with Gasteiger partial charge in [0, 0.05) is 11.8 Å². The second kappa shape index (κ2) is 8.32. The molecule has 1 fully saturated rings. The third-order valence-corrected chi connectivity index (χ3v) is 5.08. The van der Waals surface area contributed by atoms with Crippen LogP contribution in [-0.4, -0.2) is 30.0 Å². The summed E-state index contributed by atoms with van der Waals surface area (Å²) in [4.78, 5) is 11.9. The van der Waals surface area contributed by atoms with E-state index < -0.39 is 0 Å². The average molecular weight is 292 g/mol. The van der Waals surface area contributed by atoms with Crippen LogP contribution >= 0.6 is 11.8 Å². The maximum absolute atomic E-state index is 11.9. The number of carbonyl (C=O) groups is 1. The normalized spacial score (nSPS) is 16.1. The molecule has 0 saturated carbocycles. The highest BCUT2D eigenvalue weighted by Gasteiger charge is 2.14. The van der Waals surface area contributed by atoms with Crippen LogP contribution in [-0.2, 0) is 17.8 Å². The van der Waals surface area contributed by atoms with Crippen molar-refractivity contribution >= 4 is 17.7 Å². The number of nitrogens with one attached hydrogen (secondary N) is 2. The minimum atomic E-state index is 0.152. The predicted octanol–water partition coefficient (Wildman–Crippen LogP) is 2.35. The van der Waals surface area contributed by atoms with E-state index in [9.17, 15) is 4.79 Å². The summed E-state index contributed by atoms with van der Waals surface area (Å²) in [5, 5.41) is 7.03. The highest BCUT2D eigenvalue weighted by Crippen LogP contribution is 2.19. The van der Waals surface area contributed by atoms with E-state index in [1.807, 2.05) is 6.07 Å². The Bertz CT molecular complexity index is 430. The van der Waals surface area contributed by atoms with Gasteiger partial charge in [0.2, 0.25) is 5.91 Å². The highest BCUT2D eigenvalue weighted by molar-refractivity contribution is 8.00. The molecule has 0 aromatic heterocycles. The molecule has 0 radical (unpaired) electrons. The van der Waals surface area contributed by atoms with Crippen molar-refractivity contribution in [2.75, 3.05) is 18.8 Å². The lowest BCUT2D eigenvalue weighted by molar-refractivity contribution is -0.118. The molecule has 1 saturated heterocycles. The second-order valence-electron chi connectivity index (χ2n) is 5.16. The molecule has 2 rings (SSSR count). The number of amides is 1. The monoisotopic (exact) mass is 292 g/mol. The van der Waals surface area contributed by atoms with Crippen LogP contribution in [0.2, 0.25) is 0 Å². The Balaban J connectivity index is 1.71. The quantitative estimate of drug-likeness (QED) is 0.845. The van der Waals surface area contributed by atoms with Crippen molar-refractivity contribution in [2.45, 2.75) is 38.0 Å². The first kappa shape index (κ1) is 15.4. The maximum Gasteiger partial charge on any atom is 0.230 e. The third kappa shape index (κ3) is 4.84. The lowest BCUT2D eigenvalue weighted by Gasteiger charge is -2.21.